The average molecular weight is 373 g/mol. The van der Waals surface area contributed by atoms with E-state index < -0.39 is 0 Å². The number of carbonyl (C=O) groups excluding carboxylic acids is 1. The minimum absolute atomic E-state index is 0.0305. The number of piperidine rings is 1. The first-order valence-electron chi connectivity index (χ1n) is 9.54. The number of aliphatic hydroxyl groups excluding tert-OH is 1. The van der Waals surface area contributed by atoms with Gasteiger partial charge in [-0.15, -0.1) is 11.8 Å². The van der Waals surface area contributed by atoms with Crippen molar-refractivity contribution in [1.82, 2.24) is 10.2 Å². The number of nitrogens with zero attached hydrogens (tertiary/aromatic N) is 1. The molecule has 140 valence electrons. The lowest BCUT2D eigenvalue weighted by Crippen LogP contribution is -2.59. The van der Waals surface area contributed by atoms with Crippen molar-refractivity contribution in [1.29, 1.82) is 0 Å². The van der Waals surface area contributed by atoms with Gasteiger partial charge in [0.15, 0.2) is 0 Å². The van der Waals surface area contributed by atoms with Crippen LogP contribution in [0.2, 0.25) is 0 Å². The van der Waals surface area contributed by atoms with Gasteiger partial charge in [-0.25, -0.2) is 0 Å². The number of amides is 1. The van der Waals surface area contributed by atoms with Crippen molar-refractivity contribution >= 4 is 17.7 Å². The smallest absolute Gasteiger partial charge is 0.234 e. The Balaban J connectivity index is 1.65. The normalized spacial score (nSPS) is 37.2. The third kappa shape index (κ3) is 3.00. The van der Waals surface area contributed by atoms with E-state index in [2.05, 4.69) is 67.0 Å². The zero-order valence-electron chi connectivity index (χ0n) is 15.6. The number of rotatable bonds is 3. The Morgan fingerprint density at radius 2 is 1.96 bits per heavy atom. The van der Waals surface area contributed by atoms with Crippen LogP contribution in [0, 0.1) is 11.8 Å². The zero-order valence-corrected chi connectivity index (χ0v) is 16.4. The van der Waals surface area contributed by atoms with Gasteiger partial charge in [-0.1, -0.05) is 30.3 Å². The monoisotopic (exact) mass is 372 g/mol. The molecule has 0 bridgehead atoms. The largest absolute Gasteiger partial charge is 0.392 e. The van der Waals surface area contributed by atoms with Crippen LogP contribution in [-0.4, -0.2) is 47.4 Å². The molecular formula is C21H28N2O2S. The molecule has 1 aromatic rings. The number of hydrogen-bond acceptors (Lipinski definition) is 4. The van der Waals surface area contributed by atoms with Gasteiger partial charge in [0.2, 0.25) is 5.91 Å². The fourth-order valence-electron chi connectivity index (χ4n) is 4.89. The molecule has 5 heteroatoms. The molecule has 2 heterocycles. The quantitative estimate of drug-likeness (QED) is 0.857. The molecule has 4 rings (SSSR count). The highest BCUT2D eigenvalue weighted by molar-refractivity contribution is 8.03. The maximum atomic E-state index is 12.4. The summed E-state index contributed by atoms with van der Waals surface area (Å²) in [7, 11) is 4.17. The lowest BCUT2D eigenvalue weighted by Gasteiger charge is -2.48. The molecule has 7 atom stereocenters. The van der Waals surface area contributed by atoms with Crippen LogP contribution in [0.1, 0.15) is 42.9 Å². The number of hydrogen-bond donors (Lipinski definition) is 2. The van der Waals surface area contributed by atoms with E-state index in [-0.39, 0.29) is 41.1 Å². The molecule has 2 fully saturated rings. The van der Waals surface area contributed by atoms with Gasteiger partial charge in [0, 0.05) is 23.9 Å². The summed E-state index contributed by atoms with van der Waals surface area (Å²) < 4.78 is 0. The Morgan fingerprint density at radius 1 is 1.23 bits per heavy atom. The predicted octanol–water partition coefficient (Wildman–Crippen LogP) is 2.91. The molecule has 0 aromatic heterocycles. The highest BCUT2D eigenvalue weighted by Crippen LogP contribution is 2.50. The standard InChI is InChI=1S/C21H28N2O2S/c1-12(23(2)3)13-4-6-14(7-5-13)18-17(24)9-8-16-19(18)15-10-11-26-20(15)21(25)22-16/h4-7,10-12,15-20,24H,8-9H2,1-3H3,(H,22,25). The topological polar surface area (TPSA) is 52.6 Å². The van der Waals surface area contributed by atoms with Crippen LogP contribution < -0.4 is 5.32 Å². The molecule has 4 nitrogen and oxygen atoms in total. The molecule has 26 heavy (non-hydrogen) atoms. The van der Waals surface area contributed by atoms with E-state index in [9.17, 15) is 9.90 Å². The molecule has 2 N–H and O–H groups in total. The van der Waals surface area contributed by atoms with E-state index in [1.165, 1.54) is 11.1 Å². The Morgan fingerprint density at radius 3 is 2.65 bits per heavy atom. The number of carbonyl (C=O) groups is 1. The molecule has 1 aliphatic carbocycles. The van der Waals surface area contributed by atoms with E-state index in [1.807, 2.05) is 0 Å². The third-order valence-corrected chi connectivity index (χ3v) is 7.69. The van der Waals surface area contributed by atoms with Gasteiger partial charge in [-0.3, -0.25) is 4.79 Å². The first-order valence-corrected chi connectivity index (χ1v) is 10.5. The highest BCUT2D eigenvalue weighted by Gasteiger charge is 2.51. The minimum Gasteiger partial charge on any atom is -0.392 e. The van der Waals surface area contributed by atoms with Crippen LogP contribution in [0.25, 0.3) is 0 Å². The molecule has 1 aromatic carbocycles. The number of aliphatic hydroxyl groups is 1. The summed E-state index contributed by atoms with van der Waals surface area (Å²) in [4.78, 5) is 14.6. The number of benzene rings is 1. The lowest BCUT2D eigenvalue weighted by molar-refractivity contribution is -0.126. The number of allylic oxidation sites excluding steroid dienone is 1. The Kier molecular flexibility index (Phi) is 4.88. The maximum Gasteiger partial charge on any atom is 0.234 e. The molecule has 3 aliphatic rings. The van der Waals surface area contributed by atoms with Crippen molar-refractivity contribution in [3.63, 3.8) is 0 Å². The van der Waals surface area contributed by atoms with E-state index in [1.54, 1.807) is 11.8 Å². The van der Waals surface area contributed by atoms with E-state index >= 15 is 0 Å². The summed E-state index contributed by atoms with van der Waals surface area (Å²) in [6, 6.07) is 9.27. The van der Waals surface area contributed by atoms with E-state index in [0.717, 1.165) is 12.8 Å². The zero-order chi connectivity index (χ0) is 18.4. The molecule has 1 saturated heterocycles. The van der Waals surface area contributed by atoms with Crippen LogP contribution in [0.4, 0.5) is 0 Å². The van der Waals surface area contributed by atoms with Crippen molar-refractivity contribution in [3.8, 4) is 0 Å². The maximum absolute atomic E-state index is 12.4. The minimum atomic E-state index is -0.344. The van der Waals surface area contributed by atoms with Gasteiger partial charge >= 0.3 is 0 Å². The van der Waals surface area contributed by atoms with E-state index in [4.69, 9.17) is 0 Å². The Hall–Kier alpha value is -1.30. The van der Waals surface area contributed by atoms with Gasteiger partial charge in [-0.2, -0.15) is 0 Å². The summed E-state index contributed by atoms with van der Waals surface area (Å²) in [6.45, 7) is 2.20. The molecule has 7 unspecified atom stereocenters. The van der Waals surface area contributed by atoms with Crippen LogP contribution in [-0.2, 0) is 4.79 Å². The van der Waals surface area contributed by atoms with Crippen LogP contribution in [0.15, 0.2) is 35.7 Å². The third-order valence-electron chi connectivity index (χ3n) is 6.55. The summed E-state index contributed by atoms with van der Waals surface area (Å²) >= 11 is 1.62. The first kappa shape index (κ1) is 18.1. The van der Waals surface area contributed by atoms with Crippen molar-refractivity contribution in [2.75, 3.05) is 14.1 Å². The highest BCUT2D eigenvalue weighted by atomic mass is 32.2. The predicted molar refractivity (Wildman–Crippen MR) is 106 cm³/mol. The summed E-state index contributed by atoms with van der Waals surface area (Å²) in [6.07, 6.45) is 3.46. The number of fused-ring (bicyclic) bond motifs is 3. The van der Waals surface area contributed by atoms with Crippen LogP contribution in [0.5, 0.6) is 0 Å². The van der Waals surface area contributed by atoms with Gasteiger partial charge in [-0.05, 0) is 56.3 Å². The SMILES string of the molecule is CC(c1ccc(C2C(O)CCC3NC(=O)C4SC=CC4C32)cc1)N(C)C. The Labute approximate surface area is 160 Å². The number of thioether (sulfide) groups is 1. The van der Waals surface area contributed by atoms with Crippen LogP contribution in [0.3, 0.4) is 0 Å². The molecule has 2 aliphatic heterocycles. The molecular weight excluding hydrogens is 344 g/mol. The molecule has 1 saturated carbocycles. The molecule has 0 radical (unpaired) electrons. The second-order valence-electron chi connectivity index (χ2n) is 8.13. The lowest BCUT2D eigenvalue weighted by atomic mass is 9.63. The average Bonchev–Trinajstić information content (AvgIpc) is 3.12. The van der Waals surface area contributed by atoms with Gasteiger partial charge in [0.05, 0.1) is 11.4 Å². The van der Waals surface area contributed by atoms with Gasteiger partial charge < -0.3 is 15.3 Å². The van der Waals surface area contributed by atoms with Crippen molar-refractivity contribution < 1.29 is 9.90 Å². The van der Waals surface area contributed by atoms with Crippen molar-refractivity contribution in [3.05, 3.63) is 46.9 Å². The second kappa shape index (κ2) is 7.02. The first-order chi connectivity index (χ1) is 12.5. The van der Waals surface area contributed by atoms with Crippen molar-refractivity contribution in [2.24, 2.45) is 11.8 Å². The number of nitrogens with one attached hydrogen (secondary N) is 1. The van der Waals surface area contributed by atoms with Gasteiger partial charge in [0.25, 0.3) is 0 Å². The summed E-state index contributed by atoms with van der Waals surface area (Å²) in [5.41, 5.74) is 2.48. The van der Waals surface area contributed by atoms with E-state index in [0.29, 0.717) is 6.04 Å². The van der Waals surface area contributed by atoms with Gasteiger partial charge in [0.1, 0.15) is 0 Å². The fourth-order valence-corrected chi connectivity index (χ4v) is 5.98. The molecule has 0 spiro atoms. The Bertz CT molecular complexity index is 702. The molecule has 1 amide bonds. The summed E-state index contributed by atoms with van der Waals surface area (Å²) in [5.74, 6) is 0.731. The summed E-state index contributed by atoms with van der Waals surface area (Å²) in [5, 5.41) is 16.1. The fraction of sp³-hybridized carbons (Fsp3) is 0.571. The second-order valence-corrected chi connectivity index (χ2v) is 9.18. The van der Waals surface area contributed by atoms with Crippen molar-refractivity contribution in [2.45, 2.75) is 49.1 Å². The van der Waals surface area contributed by atoms with Crippen LogP contribution >= 0.6 is 11.8 Å².